The molecule has 3 aromatic heterocycles. The lowest BCUT2D eigenvalue weighted by molar-refractivity contribution is 0.0725. The number of aromatic nitrogens is 2. The molecule has 0 atom stereocenters. The van der Waals surface area contributed by atoms with Gasteiger partial charge in [-0.2, -0.15) is 0 Å². The average Bonchev–Trinajstić information content (AvgIpc) is 3.55. The van der Waals surface area contributed by atoms with E-state index < -0.39 is 0 Å². The lowest BCUT2D eigenvalue weighted by Gasteiger charge is -2.31. The number of furan rings is 1. The van der Waals surface area contributed by atoms with E-state index in [4.69, 9.17) is 41.9 Å². The summed E-state index contributed by atoms with van der Waals surface area (Å²) in [5.74, 6) is 0.828. The van der Waals surface area contributed by atoms with Crippen molar-refractivity contribution in [3.8, 4) is 17.0 Å². The SMILES string of the molecule is Cc1noc(C)c1-c1cc(Cl)c2c(c1Cl)C(=O)N(Cc1c(OCc3ccccc3)nc(C)c3ccoc13)CC2. The van der Waals surface area contributed by atoms with E-state index in [1.165, 1.54) is 0 Å². The minimum absolute atomic E-state index is 0.217. The van der Waals surface area contributed by atoms with Crippen LogP contribution in [0.1, 0.15) is 44.2 Å². The maximum atomic E-state index is 14.0. The van der Waals surface area contributed by atoms with Crippen LogP contribution in [0.15, 0.2) is 57.7 Å². The van der Waals surface area contributed by atoms with Crippen molar-refractivity contribution in [1.29, 1.82) is 0 Å². The Labute approximate surface area is 235 Å². The van der Waals surface area contributed by atoms with E-state index in [1.807, 2.05) is 57.2 Å². The Morgan fingerprint density at radius 2 is 1.85 bits per heavy atom. The second-order valence-electron chi connectivity index (χ2n) is 9.67. The molecule has 0 aliphatic carbocycles. The van der Waals surface area contributed by atoms with E-state index in [-0.39, 0.29) is 12.5 Å². The molecule has 1 aliphatic heterocycles. The van der Waals surface area contributed by atoms with Gasteiger partial charge in [-0.1, -0.05) is 58.7 Å². The van der Waals surface area contributed by atoms with Crippen molar-refractivity contribution >= 4 is 40.1 Å². The van der Waals surface area contributed by atoms with Crippen molar-refractivity contribution in [2.45, 2.75) is 40.3 Å². The number of hydrogen-bond acceptors (Lipinski definition) is 6. The summed E-state index contributed by atoms with van der Waals surface area (Å²) in [7, 11) is 0. The molecule has 6 rings (SSSR count). The Bertz CT molecular complexity index is 1710. The first-order chi connectivity index (χ1) is 18.8. The monoisotopic (exact) mass is 561 g/mol. The van der Waals surface area contributed by atoms with E-state index in [9.17, 15) is 4.79 Å². The molecule has 9 heteroatoms. The molecular weight excluding hydrogens is 537 g/mol. The molecule has 0 unspecified atom stereocenters. The fraction of sp³-hybridized carbons (Fsp3) is 0.233. The first-order valence-corrected chi connectivity index (χ1v) is 13.4. The van der Waals surface area contributed by atoms with Gasteiger partial charge in [0.2, 0.25) is 5.88 Å². The van der Waals surface area contributed by atoms with Crippen LogP contribution in [-0.4, -0.2) is 27.5 Å². The molecule has 2 aromatic carbocycles. The number of fused-ring (bicyclic) bond motifs is 2. The predicted octanol–water partition coefficient (Wildman–Crippen LogP) is 7.49. The van der Waals surface area contributed by atoms with E-state index >= 15 is 0 Å². The standard InChI is InChI=1S/C30H25Cl2N3O4/c1-16-20-10-12-37-28(20)23(29(33-16)38-15-19-7-5-4-6-8-19)14-35-11-9-21-24(31)13-22(27(32)26(21)30(35)36)25-17(2)34-39-18(25)3/h4-8,10,12-13H,9,11,14-15H2,1-3H3. The molecule has 1 amide bonds. The summed E-state index contributed by atoms with van der Waals surface area (Å²) >= 11 is 13.6. The summed E-state index contributed by atoms with van der Waals surface area (Å²) < 4.78 is 17.4. The first kappa shape index (κ1) is 25.5. The topological polar surface area (TPSA) is 81.6 Å². The smallest absolute Gasteiger partial charge is 0.256 e. The average molecular weight is 562 g/mol. The molecule has 0 fully saturated rings. The van der Waals surface area contributed by atoms with Crippen LogP contribution in [0.4, 0.5) is 0 Å². The highest BCUT2D eigenvalue weighted by atomic mass is 35.5. The molecule has 39 heavy (non-hydrogen) atoms. The molecular formula is C30H25Cl2N3O4. The lowest BCUT2D eigenvalue weighted by Crippen LogP contribution is -2.37. The van der Waals surface area contributed by atoms with Gasteiger partial charge in [-0.3, -0.25) is 4.79 Å². The number of rotatable bonds is 6. The number of pyridine rings is 1. The Morgan fingerprint density at radius 1 is 1.05 bits per heavy atom. The van der Waals surface area contributed by atoms with Gasteiger partial charge in [0.05, 0.1) is 40.3 Å². The van der Waals surface area contributed by atoms with Crippen LogP contribution < -0.4 is 4.74 Å². The summed E-state index contributed by atoms with van der Waals surface area (Å²) in [4.78, 5) is 20.4. The molecule has 0 saturated carbocycles. The first-order valence-electron chi connectivity index (χ1n) is 12.6. The lowest BCUT2D eigenvalue weighted by atomic mass is 9.93. The maximum Gasteiger partial charge on any atom is 0.256 e. The zero-order chi connectivity index (χ0) is 27.3. The van der Waals surface area contributed by atoms with Crippen molar-refractivity contribution < 1.29 is 18.5 Å². The van der Waals surface area contributed by atoms with Crippen LogP contribution in [0.3, 0.4) is 0 Å². The Balaban J connectivity index is 1.38. The van der Waals surface area contributed by atoms with Gasteiger partial charge in [0.1, 0.15) is 18.0 Å². The van der Waals surface area contributed by atoms with Gasteiger partial charge in [0, 0.05) is 28.1 Å². The van der Waals surface area contributed by atoms with Gasteiger partial charge in [-0.15, -0.1) is 0 Å². The summed E-state index contributed by atoms with van der Waals surface area (Å²) in [6.45, 7) is 6.59. The zero-order valence-electron chi connectivity index (χ0n) is 21.7. The largest absolute Gasteiger partial charge is 0.472 e. The molecule has 4 heterocycles. The van der Waals surface area contributed by atoms with Crippen LogP contribution in [0.2, 0.25) is 10.0 Å². The van der Waals surface area contributed by atoms with Crippen molar-refractivity contribution in [2.24, 2.45) is 0 Å². The number of carbonyl (C=O) groups excluding carboxylic acids is 1. The number of carbonyl (C=O) groups is 1. The second-order valence-corrected chi connectivity index (χ2v) is 10.5. The summed E-state index contributed by atoms with van der Waals surface area (Å²) in [6, 6.07) is 13.5. The molecule has 0 bridgehead atoms. The molecule has 0 spiro atoms. The van der Waals surface area contributed by atoms with Crippen molar-refractivity contribution in [3.63, 3.8) is 0 Å². The van der Waals surface area contributed by atoms with Gasteiger partial charge in [0.25, 0.3) is 5.91 Å². The quantitative estimate of drug-likeness (QED) is 0.213. The van der Waals surface area contributed by atoms with Gasteiger partial charge in [-0.05, 0) is 50.5 Å². The number of benzene rings is 2. The Morgan fingerprint density at radius 3 is 2.59 bits per heavy atom. The third kappa shape index (κ3) is 4.45. The van der Waals surface area contributed by atoms with E-state index in [2.05, 4.69) is 5.16 Å². The second kappa shape index (κ2) is 10.1. The fourth-order valence-electron chi connectivity index (χ4n) is 5.22. The highest BCUT2D eigenvalue weighted by molar-refractivity contribution is 6.39. The molecule has 0 N–H and O–H groups in total. The van der Waals surface area contributed by atoms with E-state index in [0.29, 0.717) is 69.2 Å². The number of halogens is 2. The number of aryl methyl sites for hydroxylation is 3. The number of ether oxygens (including phenoxy) is 1. The van der Waals surface area contributed by atoms with Crippen LogP contribution in [-0.2, 0) is 19.6 Å². The zero-order valence-corrected chi connectivity index (χ0v) is 23.2. The number of amides is 1. The molecule has 198 valence electrons. The van der Waals surface area contributed by atoms with Crippen molar-refractivity contribution in [1.82, 2.24) is 15.0 Å². The summed E-state index contributed by atoms with van der Waals surface area (Å²) in [6.07, 6.45) is 2.19. The van der Waals surface area contributed by atoms with Crippen molar-refractivity contribution in [2.75, 3.05) is 6.54 Å². The maximum absolute atomic E-state index is 14.0. The van der Waals surface area contributed by atoms with Gasteiger partial charge >= 0.3 is 0 Å². The summed E-state index contributed by atoms with van der Waals surface area (Å²) in [5, 5.41) is 5.75. The highest BCUT2D eigenvalue weighted by Gasteiger charge is 2.33. The summed E-state index contributed by atoms with van der Waals surface area (Å²) in [5.41, 5.74) is 6.35. The molecule has 7 nitrogen and oxygen atoms in total. The number of nitrogens with zero attached hydrogens (tertiary/aromatic N) is 3. The number of hydrogen-bond donors (Lipinski definition) is 0. The van der Waals surface area contributed by atoms with Crippen LogP contribution in [0.25, 0.3) is 22.1 Å². The van der Waals surface area contributed by atoms with E-state index in [1.54, 1.807) is 17.2 Å². The molecule has 0 radical (unpaired) electrons. The van der Waals surface area contributed by atoms with Gasteiger partial charge < -0.3 is 18.6 Å². The van der Waals surface area contributed by atoms with Crippen molar-refractivity contribution in [3.05, 3.63) is 98.2 Å². The fourth-order valence-corrected chi connectivity index (χ4v) is 5.86. The Kier molecular flexibility index (Phi) is 6.57. The molecule has 1 aliphatic rings. The van der Waals surface area contributed by atoms with Gasteiger partial charge in [-0.25, -0.2) is 4.98 Å². The van der Waals surface area contributed by atoms with Crippen LogP contribution in [0, 0.1) is 20.8 Å². The molecule has 5 aromatic rings. The third-order valence-corrected chi connectivity index (χ3v) is 7.91. The minimum atomic E-state index is -0.217. The van der Waals surface area contributed by atoms with Crippen LogP contribution >= 0.6 is 23.2 Å². The predicted molar refractivity (Wildman–Crippen MR) is 149 cm³/mol. The van der Waals surface area contributed by atoms with Gasteiger partial charge in [0.15, 0.2) is 0 Å². The molecule has 0 saturated heterocycles. The minimum Gasteiger partial charge on any atom is -0.472 e. The Hall–Kier alpha value is -3.81. The third-order valence-electron chi connectivity index (χ3n) is 7.18. The van der Waals surface area contributed by atoms with Crippen LogP contribution in [0.5, 0.6) is 5.88 Å². The highest BCUT2D eigenvalue weighted by Crippen LogP contribution is 2.42. The van der Waals surface area contributed by atoms with E-state index in [0.717, 1.165) is 27.8 Å². The normalized spacial score (nSPS) is 13.3.